The van der Waals surface area contributed by atoms with E-state index in [4.69, 9.17) is 12.2 Å². The van der Waals surface area contributed by atoms with Crippen molar-refractivity contribution in [2.24, 2.45) is 0 Å². The molecule has 0 aliphatic heterocycles. The Balaban J connectivity index is 1.52. The van der Waals surface area contributed by atoms with Crippen LogP contribution in [0.4, 0.5) is 4.39 Å². The summed E-state index contributed by atoms with van der Waals surface area (Å²) in [6, 6.07) is 12.1. The molecule has 4 rings (SSSR count). The van der Waals surface area contributed by atoms with Gasteiger partial charge in [-0.05, 0) is 79.9 Å². The van der Waals surface area contributed by atoms with E-state index in [0.29, 0.717) is 9.64 Å². The van der Waals surface area contributed by atoms with Crippen molar-refractivity contribution >= 4 is 41.1 Å². The van der Waals surface area contributed by atoms with Crippen molar-refractivity contribution in [2.45, 2.75) is 35.8 Å². The molecule has 27 heavy (non-hydrogen) atoms. The maximum atomic E-state index is 13.1. The Morgan fingerprint density at radius 1 is 1.22 bits per heavy atom. The Hall–Kier alpha value is -1.83. The zero-order chi connectivity index (χ0) is 19.0. The van der Waals surface area contributed by atoms with Crippen LogP contribution in [-0.4, -0.2) is 20.8 Å². The van der Waals surface area contributed by atoms with Crippen LogP contribution in [-0.2, 0) is 12.8 Å². The molecule has 3 nitrogen and oxygen atoms in total. The minimum atomic E-state index is -0.302. The smallest absolute Gasteiger partial charge is 0.184 e. The number of benzene rings is 2. The van der Waals surface area contributed by atoms with E-state index < -0.39 is 0 Å². The first-order chi connectivity index (χ1) is 13.0. The molecule has 0 amide bonds. The SMILES string of the molecule is C[C@H](Sc1nn(-c2ccc(F)cc2)c(=S)s1)C(=O)c1ccc2c(c1)CCC2. The van der Waals surface area contributed by atoms with E-state index in [2.05, 4.69) is 11.2 Å². The number of ketones is 1. The number of nitrogens with zero attached hydrogens (tertiary/aromatic N) is 2. The molecule has 0 fully saturated rings. The second-order valence-electron chi connectivity index (χ2n) is 6.48. The van der Waals surface area contributed by atoms with Gasteiger partial charge in [-0.3, -0.25) is 4.79 Å². The maximum absolute atomic E-state index is 13.1. The molecule has 0 saturated heterocycles. The zero-order valence-electron chi connectivity index (χ0n) is 14.6. The summed E-state index contributed by atoms with van der Waals surface area (Å²) in [5.74, 6) is -0.201. The van der Waals surface area contributed by atoms with Crippen molar-refractivity contribution in [1.29, 1.82) is 0 Å². The number of aromatic nitrogens is 2. The maximum Gasteiger partial charge on any atom is 0.184 e. The minimum Gasteiger partial charge on any atom is -0.293 e. The average molecular weight is 417 g/mol. The van der Waals surface area contributed by atoms with Gasteiger partial charge in [-0.1, -0.05) is 35.2 Å². The molecule has 0 N–H and O–H groups in total. The third-order valence-electron chi connectivity index (χ3n) is 4.63. The number of Topliss-reactive ketones (excluding diaryl/α,β-unsaturated/α-hetero) is 1. The summed E-state index contributed by atoms with van der Waals surface area (Å²) < 4.78 is 16.0. The van der Waals surface area contributed by atoms with Gasteiger partial charge < -0.3 is 0 Å². The third kappa shape index (κ3) is 3.90. The number of rotatable bonds is 5. The van der Waals surface area contributed by atoms with E-state index >= 15 is 0 Å². The van der Waals surface area contributed by atoms with Crippen LogP contribution in [0.2, 0.25) is 0 Å². The molecule has 1 atom stereocenters. The summed E-state index contributed by atoms with van der Waals surface area (Å²) in [4.78, 5) is 12.8. The standard InChI is InChI=1S/C20H17FN2OS3/c1-12(18(24)15-6-5-13-3-2-4-14(13)11-15)26-19-22-23(20(25)27-19)17-9-7-16(21)8-10-17/h5-12H,2-4H2,1H3/t12-/m0/s1. The molecule has 1 aliphatic carbocycles. The molecule has 0 saturated carbocycles. The van der Waals surface area contributed by atoms with E-state index in [9.17, 15) is 9.18 Å². The van der Waals surface area contributed by atoms with Crippen molar-refractivity contribution in [3.63, 3.8) is 0 Å². The predicted molar refractivity (Wildman–Crippen MR) is 110 cm³/mol. The van der Waals surface area contributed by atoms with Crippen molar-refractivity contribution in [1.82, 2.24) is 9.78 Å². The molecule has 0 spiro atoms. The fraction of sp³-hybridized carbons (Fsp3) is 0.250. The Kier molecular flexibility index (Phi) is 5.25. The average Bonchev–Trinajstić information content (AvgIpc) is 3.27. The summed E-state index contributed by atoms with van der Waals surface area (Å²) in [5.41, 5.74) is 4.14. The topological polar surface area (TPSA) is 34.9 Å². The molecule has 1 heterocycles. The summed E-state index contributed by atoms with van der Waals surface area (Å²) in [7, 11) is 0. The molecule has 1 aliphatic rings. The fourth-order valence-corrected chi connectivity index (χ4v) is 5.80. The first-order valence-corrected chi connectivity index (χ1v) is 10.8. The van der Waals surface area contributed by atoms with Gasteiger partial charge >= 0.3 is 0 Å². The van der Waals surface area contributed by atoms with Gasteiger partial charge in [0.05, 0.1) is 10.9 Å². The molecule has 2 aromatic carbocycles. The lowest BCUT2D eigenvalue weighted by atomic mass is 10.0. The molecule has 138 valence electrons. The predicted octanol–water partition coefficient (Wildman–Crippen LogP) is 5.65. The second kappa shape index (κ2) is 7.66. The van der Waals surface area contributed by atoms with Gasteiger partial charge in [-0.25, -0.2) is 9.07 Å². The van der Waals surface area contributed by atoms with Crippen molar-refractivity contribution in [2.75, 3.05) is 0 Å². The van der Waals surface area contributed by atoms with Crippen LogP contribution < -0.4 is 0 Å². The summed E-state index contributed by atoms with van der Waals surface area (Å²) in [5, 5.41) is 4.25. The Bertz CT molecular complexity index is 1060. The Morgan fingerprint density at radius 3 is 2.74 bits per heavy atom. The van der Waals surface area contributed by atoms with Crippen LogP contribution in [0.15, 0.2) is 46.8 Å². The molecule has 1 aromatic heterocycles. The lowest BCUT2D eigenvalue weighted by Crippen LogP contribution is -2.13. The molecular weight excluding hydrogens is 399 g/mol. The van der Waals surface area contributed by atoms with Crippen molar-refractivity contribution in [3.8, 4) is 5.69 Å². The second-order valence-corrected chi connectivity index (χ2v) is 9.69. The van der Waals surface area contributed by atoms with Crippen LogP contribution >= 0.6 is 35.3 Å². The van der Waals surface area contributed by atoms with E-state index in [1.165, 1.54) is 52.8 Å². The van der Waals surface area contributed by atoms with Gasteiger partial charge in [0.2, 0.25) is 0 Å². The molecule has 0 radical (unpaired) electrons. The van der Waals surface area contributed by atoms with Crippen LogP contribution in [0.5, 0.6) is 0 Å². The van der Waals surface area contributed by atoms with E-state index in [1.807, 2.05) is 19.1 Å². The van der Waals surface area contributed by atoms with Crippen LogP contribution in [0, 0.1) is 9.77 Å². The van der Waals surface area contributed by atoms with E-state index in [-0.39, 0.29) is 16.9 Å². The van der Waals surface area contributed by atoms with Crippen molar-refractivity contribution in [3.05, 3.63) is 68.9 Å². The highest BCUT2D eigenvalue weighted by atomic mass is 32.2. The molecule has 0 unspecified atom stereocenters. The normalized spacial score (nSPS) is 14.1. The van der Waals surface area contributed by atoms with Gasteiger partial charge in [-0.2, -0.15) is 0 Å². The van der Waals surface area contributed by atoms with E-state index in [1.54, 1.807) is 16.8 Å². The molecule has 0 bridgehead atoms. The summed E-state index contributed by atoms with van der Waals surface area (Å²) in [6.07, 6.45) is 3.33. The number of hydrogen-bond acceptors (Lipinski definition) is 5. The van der Waals surface area contributed by atoms with Gasteiger partial charge in [0, 0.05) is 5.56 Å². The lowest BCUT2D eigenvalue weighted by Gasteiger charge is -2.09. The molecular formula is C20H17FN2OS3. The first-order valence-electron chi connectivity index (χ1n) is 8.70. The quantitative estimate of drug-likeness (QED) is 0.306. The van der Waals surface area contributed by atoms with Crippen LogP contribution in [0.1, 0.15) is 34.8 Å². The highest BCUT2D eigenvalue weighted by molar-refractivity contribution is 8.02. The van der Waals surface area contributed by atoms with Gasteiger partial charge in [0.1, 0.15) is 5.82 Å². The summed E-state index contributed by atoms with van der Waals surface area (Å²) in [6.45, 7) is 1.90. The minimum absolute atomic E-state index is 0.101. The highest BCUT2D eigenvalue weighted by Gasteiger charge is 2.21. The van der Waals surface area contributed by atoms with Gasteiger partial charge in [-0.15, -0.1) is 5.10 Å². The van der Waals surface area contributed by atoms with Gasteiger partial charge in [0.25, 0.3) is 0 Å². The van der Waals surface area contributed by atoms with Gasteiger partial charge in [0.15, 0.2) is 14.1 Å². The fourth-order valence-electron chi connectivity index (χ4n) is 3.22. The monoisotopic (exact) mass is 416 g/mol. The number of carbonyl (C=O) groups is 1. The van der Waals surface area contributed by atoms with Crippen LogP contribution in [0.3, 0.4) is 0 Å². The Labute approximate surface area is 170 Å². The first kappa shape index (κ1) is 18.5. The number of hydrogen-bond donors (Lipinski definition) is 0. The van der Waals surface area contributed by atoms with Crippen molar-refractivity contribution < 1.29 is 9.18 Å². The number of aryl methyl sites for hydroxylation is 2. The zero-order valence-corrected chi connectivity index (χ0v) is 17.1. The lowest BCUT2D eigenvalue weighted by molar-refractivity contribution is 0.0994. The number of fused-ring (bicyclic) bond motifs is 1. The summed E-state index contributed by atoms with van der Waals surface area (Å²) >= 11 is 8.15. The van der Waals surface area contributed by atoms with E-state index in [0.717, 1.165) is 22.7 Å². The third-order valence-corrected chi connectivity index (χ3v) is 7.05. The number of halogens is 1. The Morgan fingerprint density at radius 2 is 1.96 bits per heavy atom. The number of carbonyl (C=O) groups excluding carboxylic acids is 1. The molecule has 3 aromatic rings. The molecule has 7 heteroatoms. The van der Waals surface area contributed by atoms with Crippen LogP contribution in [0.25, 0.3) is 5.69 Å². The number of thioether (sulfide) groups is 1. The largest absolute Gasteiger partial charge is 0.293 e. The highest BCUT2D eigenvalue weighted by Crippen LogP contribution is 2.30.